The molecule has 0 saturated carbocycles. The van der Waals surface area contributed by atoms with Crippen LogP contribution >= 0.6 is 11.8 Å². The van der Waals surface area contributed by atoms with Crippen molar-refractivity contribution in [1.82, 2.24) is 34.8 Å². The van der Waals surface area contributed by atoms with Gasteiger partial charge in [0.2, 0.25) is 11.0 Å². The highest BCUT2D eigenvalue weighted by molar-refractivity contribution is 7.98. The van der Waals surface area contributed by atoms with Gasteiger partial charge in [-0.2, -0.15) is 10.1 Å². The molecular formula is C14H20N8OS. The van der Waals surface area contributed by atoms with Crippen molar-refractivity contribution in [3.8, 4) is 5.95 Å². The third-order valence-electron chi connectivity index (χ3n) is 3.31. The Morgan fingerprint density at radius 1 is 1.25 bits per heavy atom. The Balaban J connectivity index is 1.75. The van der Waals surface area contributed by atoms with E-state index >= 15 is 0 Å². The van der Waals surface area contributed by atoms with Gasteiger partial charge in [-0.15, -0.1) is 10.2 Å². The minimum atomic E-state index is -0.150. The fourth-order valence-corrected chi connectivity index (χ4v) is 2.78. The summed E-state index contributed by atoms with van der Waals surface area (Å²) in [5, 5.41) is 17.1. The Labute approximate surface area is 143 Å². The normalized spacial score (nSPS) is 12.0. The lowest BCUT2D eigenvalue weighted by molar-refractivity contribution is 0.372. The summed E-state index contributed by atoms with van der Waals surface area (Å²) in [6.07, 6.45) is 0. The molecule has 0 aromatic carbocycles. The monoisotopic (exact) mass is 348 g/mol. The topological polar surface area (TPSA) is 113 Å². The van der Waals surface area contributed by atoms with Crippen molar-refractivity contribution in [2.45, 2.75) is 50.9 Å². The first-order chi connectivity index (χ1) is 11.3. The van der Waals surface area contributed by atoms with E-state index in [0.717, 1.165) is 11.4 Å². The number of thioether (sulfide) groups is 1. The van der Waals surface area contributed by atoms with Gasteiger partial charge in [0.1, 0.15) is 0 Å². The second kappa shape index (κ2) is 5.93. The Morgan fingerprint density at radius 3 is 2.58 bits per heavy atom. The Hall–Kier alpha value is -2.36. The van der Waals surface area contributed by atoms with E-state index in [-0.39, 0.29) is 5.41 Å². The van der Waals surface area contributed by atoms with Gasteiger partial charge in [0.05, 0.1) is 11.4 Å². The first-order valence-corrected chi connectivity index (χ1v) is 8.44. The Bertz CT molecular complexity index is 857. The van der Waals surface area contributed by atoms with Gasteiger partial charge >= 0.3 is 0 Å². The maximum absolute atomic E-state index is 6.10. The van der Waals surface area contributed by atoms with E-state index in [1.54, 1.807) is 4.68 Å². The summed E-state index contributed by atoms with van der Waals surface area (Å²) in [6, 6.07) is 1.95. The zero-order valence-electron chi connectivity index (χ0n) is 14.3. The van der Waals surface area contributed by atoms with E-state index in [0.29, 0.717) is 28.6 Å². The van der Waals surface area contributed by atoms with Crippen molar-refractivity contribution in [2.24, 2.45) is 0 Å². The van der Waals surface area contributed by atoms with Crippen LogP contribution < -0.4 is 5.84 Å². The zero-order valence-corrected chi connectivity index (χ0v) is 15.1. The first kappa shape index (κ1) is 16.5. The molecule has 0 amide bonds. The molecule has 3 aromatic rings. The summed E-state index contributed by atoms with van der Waals surface area (Å²) in [7, 11) is 0. The summed E-state index contributed by atoms with van der Waals surface area (Å²) in [4.78, 5) is 4.39. The number of aromatic nitrogens is 7. The molecule has 0 atom stereocenters. The van der Waals surface area contributed by atoms with E-state index < -0.39 is 0 Å². The van der Waals surface area contributed by atoms with Crippen molar-refractivity contribution in [2.75, 3.05) is 5.84 Å². The SMILES string of the molecule is Cc1cc(C)n(-c2nnc(SCc3nc(C(C)(C)C)no3)n2N)n1. The van der Waals surface area contributed by atoms with Crippen LogP contribution in [0.15, 0.2) is 15.7 Å². The average molecular weight is 348 g/mol. The summed E-state index contributed by atoms with van der Waals surface area (Å²) >= 11 is 1.38. The number of nitrogen functional groups attached to an aromatic ring is 1. The minimum absolute atomic E-state index is 0.150. The van der Waals surface area contributed by atoms with Crippen LogP contribution in [0.5, 0.6) is 0 Å². The van der Waals surface area contributed by atoms with Gasteiger partial charge in [-0.3, -0.25) is 0 Å². The smallest absolute Gasteiger partial charge is 0.271 e. The molecule has 9 nitrogen and oxygen atoms in total. The highest BCUT2D eigenvalue weighted by Gasteiger charge is 2.21. The van der Waals surface area contributed by atoms with Crippen LogP contribution in [0, 0.1) is 13.8 Å². The van der Waals surface area contributed by atoms with E-state index in [9.17, 15) is 0 Å². The summed E-state index contributed by atoms with van der Waals surface area (Å²) < 4.78 is 8.34. The molecule has 0 aliphatic carbocycles. The fourth-order valence-electron chi connectivity index (χ4n) is 2.09. The van der Waals surface area contributed by atoms with Crippen LogP contribution in [0.3, 0.4) is 0 Å². The van der Waals surface area contributed by atoms with Crippen LogP contribution in [0.1, 0.15) is 43.9 Å². The van der Waals surface area contributed by atoms with Crippen LogP contribution in [0.2, 0.25) is 0 Å². The molecule has 2 N–H and O–H groups in total. The predicted molar refractivity (Wildman–Crippen MR) is 89.3 cm³/mol. The lowest BCUT2D eigenvalue weighted by atomic mass is 9.96. The molecule has 0 spiro atoms. The molecule has 0 saturated heterocycles. The van der Waals surface area contributed by atoms with Crippen LogP contribution in [0.25, 0.3) is 5.95 Å². The summed E-state index contributed by atoms with van der Waals surface area (Å²) in [5.41, 5.74) is 1.68. The van der Waals surface area contributed by atoms with Crippen molar-refractivity contribution < 1.29 is 4.52 Å². The maximum Gasteiger partial charge on any atom is 0.271 e. The van der Waals surface area contributed by atoms with Crippen molar-refractivity contribution in [3.63, 3.8) is 0 Å². The summed E-state index contributed by atoms with van der Waals surface area (Å²) in [5.74, 6) is 8.23. The van der Waals surface area contributed by atoms with Gasteiger partial charge in [0.25, 0.3) is 5.95 Å². The summed E-state index contributed by atoms with van der Waals surface area (Å²) in [6.45, 7) is 9.95. The predicted octanol–water partition coefficient (Wildman–Crippen LogP) is 1.77. The fraction of sp³-hybridized carbons (Fsp3) is 0.500. The third-order valence-corrected chi connectivity index (χ3v) is 4.24. The molecule has 0 bridgehead atoms. The molecule has 128 valence electrons. The molecule has 0 aliphatic heterocycles. The molecule has 0 aliphatic rings. The van der Waals surface area contributed by atoms with Gasteiger partial charge in [-0.05, 0) is 19.9 Å². The minimum Gasteiger partial charge on any atom is -0.338 e. The quantitative estimate of drug-likeness (QED) is 0.560. The molecule has 0 radical (unpaired) electrons. The standard InChI is InChI=1S/C14H20N8OS/c1-8-6-9(2)22(19-8)12-17-18-13(21(12)15)24-7-10-16-11(20-23-10)14(3,4)5/h6H,7,15H2,1-5H3. The third kappa shape index (κ3) is 3.14. The highest BCUT2D eigenvalue weighted by atomic mass is 32.2. The number of hydrogen-bond donors (Lipinski definition) is 1. The van der Waals surface area contributed by atoms with Gasteiger partial charge in [0, 0.05) is 11.1 Å². The highest BCUT2D eigenvalue weighted by Crippen LogP contribution is 2.23. The van der Waals surface area contributed by atoms with Crippen molar-refractivity contribution >= 4 is 11.8 Å². The van der Waals surface area contributed by atoms with Gasteiger partial charge in [-0.1, -0.05) is 37.7 Å². The second-order valence-corrected chi connectivity index (χ2v) is 7.48. The van der Waals surface area contributed by atoms with E-state index in [1.165, 1.54) is 16.4 Å². The van der Waals surface area contributed by atoms with Gasteiger partial charge < -0.3 is 10.4 Å². The zero-order chi connectivity index (χ0) is 17.5. The molecule has 3 rings (SSSR count). The van der Waals surface area contributed by atoms with Crippen molar-refractivity contribution in [3.05, 3.63) is 29.2 Å². The number of nitrogens with zero attached hydrogens (tertiary/aromatic N) is 7. The Morgan fingerprint density at radius 2 is 2.00 bits per heavy atom. The lowest BCUT2D eigenvalue weighted by Crippen LogP contribution is -2.17. The maximum atomic E-state index is 6.10. The first-order valence-electron chi connectivity index (χ1n) is 7.45. The van der Waals surface area contributed by atoms with Gasteiger partial charge in [0.15, 0.2) is 5.82 Å². The number of nitrogens with two attached hydrogens (primary N) is 1. The van der Waals surface area contributed by atoms with Crippen LogP contribution in [-0.2, 0) is 11.2 Å². The number of hydrogen-bond acceptors (Lipinski definition) is 8. The second-order valence-electron chi connectivity index (χ2n) is 6.54. The number of aryl methyl sites for hydroxylation is 2. The molecule has 0 fully saturated rings. The molecule has 24 heavy (non-hydrogen) atoms. The molecule has 3 aromatic heterocycles. The molecule has 0 unspecified atom stereocenters. The molecule has 3 heterocycles. The van der Waals surface area contributed by atoms with Gasteiger partial charge in [-0.25, -0.2) is 9.36 Å². The molecular weight excluding hydrogens is 328 g/mol. The largest absolute Gasteiger partial charge is 0.338 e. The van der Waals surface area contributed by atoms with Crippen LogP contribution in [0.4, 0.5) is 0 Å². The number of rotatable bonds is 4. The lowest BCUT2D eigenvalue weighted by Gasteiger charge is -2.10. The Kier molecular flexibility index (Phi) is 4.08. The van der Waals surface area contributed by atoms with Crippen LogP contribution in [-0.4, -0.2) is 34.8 Å². The van der Waals surface area contributed by atoms with E-state index in [4.69, 9.17) is 10.4 Å². The molecule has 10 heteroatoms. The van der Waals surface area contributed by atoms with E-state index in [2.05, 4.69) is 25.4 Å². The average Bonchev–Trinajstić information content (AvgIpc) is 3.16. The van der Waals surface area contributed by atoms with E-state index in [1.807, 2.05) is 40.7 Å². The van der Waals surface area contributed by atoms with Crippen molar-refractivity contribution in [1.29, 1.82) is 0 Å².